The molecule has 2 fully saturated rings. The molecule has 2 heterocycles. The van der Waals surface area contributed by atoms with Gasteiger partial charge >= 0.3 is 6.18 Å². The molecule has 1 amide bonds. The van der Waals surface area contributed by atoms with E-state index in [1.165, 1.54) is 4.90 Å². The van der Waals surface area contributed by atoms with Gasteiger partial charge in [-0.15, -0.1) is 0 Å². The van der Waals surface area contributed by atoms with E-state index >= 15 is 0 Å². The minimum atomic E-state index is -4.46. The Morgan fingerprint density at radius 1 is 1.05 bits per heavy atom. The number of carbonyl (C=O) groups excluding carboxylic acids is 1. The summed E-state index contributed by atoms with van der Waals surface area (Å²) in [6.45, 7) is 0.929. The van der Waals surface area contributed by atoms with E-state index in [2.05, 4.69) is 5.32 Å². The van der Waals surface area contributed by atoms with Gasteiger partial charge in [0.1, 0.15) is 0 Å². The van der Waals surface area contributed by atoms with Crippen LogP contribution in [-0.2, 0) is 4.79 Å². The van der Waals surface area contributed by atoms with Gasteiger partial charge in [0, 0.05) is 19.6 Å². The summed E-state index contributed by atoms with van der Waals surface area (Å²) in [6, 6.07) is 0. The quantitative estimate of drug-likeness (QED) is 0.798. The molecule has 0 aromatic heterocycles. The van der Waals surface area contributed by atoms with Crippen molar-refractivity contribution in [3.63, 3.8) is 0 Å². The Kier molecular flexibility index (Phi) is 4.38. The van der Waals surface area contributed by atoms with Crippen LogP contribution in [0.4, 0.5) is 13.2 Å². The monoisotopic (exact) mass is 278 g/mol. The van der Waals surface area contributed by atoms with Crippen molar-refractivity contribution in [2.75, 3.05) is 26.2 Å². The molecule has 1 N–H and O–H groups in total. The third kappa shape index (κ3) is 2.88. The van der Waals surface area contributed by atoms with Crippen molar-refractivity contribution in [3.8, 4) is 0 Å². The third-order valence-electron chi connectivity index (χ3n) is 4.25. The molecule has 0 saturated carbocycles. The van der Waals surface area contributed by atoms with Crippen molar-refractivity contribution in [1.29, 1.82) is 0 Å². The fourth-order valence-corrected chi connectivity index (χ4v) is 2.99. The second-order valence-electron chi connectivity index (χ2n) is 5.57. The Morgan fingerprint density at radius 3 is 2.11 bits per heavy atom. The molecule has 2 rings (SSSR count). The summed E-state index contributed by atoms with van der Waals surface area (Å²) in [5.41, 5.74) is -2.19. The molecule has 2 aliphatic heterocycles. The Bertz CT molecular complexity index is 316. The number of amides is 1. The molecule has 0 aromatic rings. The zero-order valence-corrected chi connectivity index (χ0v) is 11.1. The summed E-state index contributed by atoms with van der Waals surface area (Å²) in [5.74, 6) is -0.716. The van der Waals surface area contributed by atoms with Gasteiger partial charge in [-0.3, -0.25) is 4.79 Å². The van der Waals surface area contributed by atoms with E-state index in [-0.39, 0.29) is 19.5 Å². The van der Waals surface area contributed by atoms with E-state index in [0.717, 1.165) is 32.1 Å². The lowest BCUT2D eigenvalue weighted by Crippen LogP contribution is -2.54. The molecule has 1 atom stereocenters. The maximum Gasteiger partial charge on any atom is 0.404 e. The molecule has 110 valence electrons. The first-order chi connectivity index (χ1) is 8.97. The van der Waals surface area contributed by atoms with Crippen LogP contribution in [0.15, 0.2) is 0 Å². The topological polar surface area (TPSA) is 32.3 Å². The molecule has 0 spiro atoms. The molecule has 1 unspecified atom stereocenters. The summed E-state index contributed by atoms with van der Waals surface area (Å²) < 4.78 is 39.9. The average molecular weight is 278 g/mol. The van der Waals surface area contributed by atoms with Gasteiger partial charge in [-0.1, -0.05) is 19.3 Å². The molecule has 3 nitrogen and oxygen atoms in total. The number of likely N-dealkylation sites (tertiary alicyclic amines) is 1. The molecular formula is C13H21F3N2O. The van der Waals surface area contributed by atoms with Gasteiger partial charge < -0.3 is 10.2 Å². The number of hydrogen-bond donors (Lipinski definition) is 1. The first kappa shape index (κ1) is 14.6. The smallest absolute Gasteiger partial charge is 0.342 e. The van der Waals surface area contributed by atoms with Crippen molar-refractivity contribution in [3.05, 3.63) is 0 Å². The van der Waals surface area contributed by atoms with Gasteiger partial charge in [-0.25, -0.2) is 0 Å². The number of rotatable bonds is 1. The first-order valence-electron chi connectivity index (χ1n) is 7.04. The lowest BCUT2D eigenvalue weighted by atomic mass is 9.84. The van der Waals surface area contributed by atoms with Crippen LogP contribution in [0.1, 0.15) is 38.5 Å². The highest BCUT2D eigenvalue weighted by Crippen LogP contribution is 2.44. The van der Waals surface area contributed by atoms with E-state index in [1.54, 1.807) is 0 Å². The highest BCUT2D eigenvalue weighted by Gasteiger charge is 2.62. The molecule has 2 saturated heterocycles. The zero-order valence-electron chi connectivity index (χ0n) is 11.1. The number of hydrogen-bond acceptors (Lipinski definition) is 2. The number of nitrogens with zero attached hydrogens (tertiary/aromatic N) is 1. The average Bonchev–Trinajstić information content (AvgIpc) is 2.77. The normalized spacial score (nSPS) is 29.9. The summed E-state index contributed by atoms with van der Waals surface area (Å²) >= 11 is 0. The number of alkyl halides is 3. The maximum atomic E-state index is 13.3. The Balaban J connectivity index is 2.14. The number of carbonyl (C=O) groups is 1. The van der Waals surface area contributed by atoms with E-state index < -0.39 is 17.5 Å². The van der Waals surface area contributed by atoms with Crippen LogP contribution in [0.25, 0.3) is 0 Å². The van der Waals surface area contributed by atoms with Crippen molar-refractivity contribution in [1.82, 2.24) is 10.2 Å². The first-order valence-corrected chi connectivity index (χ1v) is 7.04. The van der Waals surface area contributed by atoms with Crippen LogP contribution in [0.3, 0.4) is 0 Å². The van der Waals surface area contributed by atoms with Crippen LogP contribution in [0, 0.1) is 5.41 Å². The summed E-state index contributed by atoms with van der Waals surface area (Å²) in [5, 5.41) is 2.70. The van der Waals surface area contributed by atoms with Gasteiger partial charge in [0.2, 0.25) is 5.91 Å². The fourth-order valence-electron chi connectivity index (χ4n) is 2.99. The Hall–Kier alpha value is -0.780. The molecule has 6 heteroatoms. The van der Waals surface area contributed by atoms with Crippen molar-refractivity contribution in [2.24, 2.45) is 5.41 Å². The maximum absolute atomic E-state index is 13.3. The van der Waals surface area contributed by atoms with Crippen LogP contribution < -0.4 is 5.32 Å². The molecule has 19 heavy (non-hydrogen) atoms. The lowest BCUT2D eigenvalue weighted by molar-refractivity contribution is -0.221. The molecule has 2 aliphatic rings. The fraction of sp³-hybridized carbons (Fsp3) is 0.923. The van der Waals surface area contributed by atoms with Crippen molar-refractivity contribution < 1.29 is 18.0 Å². The lowest BCUT2D eigenvalue weighted by Gasteiger charge is -2.36. The van der Waals surface area contributed by atoms with E-state index in [9.17, 15) is 18.0 Å². The van der Waals surface area contributed by atoms with E-state index in [0.29, 0.717) is 13.1 Å². The van der Waals surface area contributed by atoms with Crippen LogP contribution >= 0.6 is 0 Å². The summed E-state index contributed by atoms with van der Waals surface area (Å²) in [7, 11) is 0. The third-order valence-corrected chi connectivity index (χ3v) is 4.25. The van der Waals surface area contributed by atoms with Gasteiger partial charge in [-0.2, -0.15) is 13.2 Å². The van der Waals surface area contributed by atoms with E-state index in [1.807, 2.05) is 0 Å². The van der Waals surface area contributed by atoms with Crippen LogP contribution in [-0.4, -0.2) is 43.2 Å². The van der Waals surface area contributed by atoms with Gasteiger partial charge in [-0.05, 0) is 25.8 Å². The molecule has 0 aromatic carbocycles. The SMILES string of the molecule is O=C(N1CCCCCCC1)C1(C(F)(F)F)CCNC1. The predicted octanol–water partition coefficient (Wildman–Crippen LogP) is 2.32. The van der Waals surface area contributed by atoms with Crippen LogP contribution in [0.2, 0.25) is 0 Å². The second-order valence-corrected chi connectivity index (χ2v) is 5.57. The molecule has 0 radical (unpaired) electrons. The predicted molar refractivity (Wildman–Crippen MR) is 65.6 cm³/mol. The van der Waals surface area contributed by atoms with Gasteiger partial charge in [0.05, 0.1) is 0 Å². The standard InChI is InChI=1S/C13H21F3N2O/c14-13(15,16)12(6-7-17-10-12)11(19)18-8-4-2-1-3-5-9-18/h17H,1-10H2. The van der Waals surface area contributed by atoms with Crippen LogP contribution in [0.5, 0.6) is 0 Å². The zero-order chi connectivity index (χ0) is 13.9. The number of halogens is 3. The largest absolute Gasteiger partial charge is 0.404 e. The van der Waals surface area contributed by atoms with Gasteiger partial charge in [0.15, 0.2) is 5.41 Å². The minimum absolute atomic E-state index is 0.133. The summed E-state index contributed by atoms with van der Waals surface area (Å²) in [4.78, 5) is 13.8. The van der Waals surface area contributed by atoms with E-state index in [4.69, 9.17) is 0 Å². The second kappa shape index (κ2) is 5.69. The minimum Gasteiger partial charge on any atom is -0.342 e. The molecule has 0 bridgehead atoms. The van der Waals surface area contributed by atoms with Crippen molar-refractivity contribution in [2.45, 2.75) is 44.7 Å². The Labute approximate surface area is 111 Å². The van der Waals surface area contributed by atoms with Gasteiger partial charge in [0.25, 0.3) is 0 Å². The summed E-state index contributed by atoms with van der Waals surface area (Å²) in [6.07, 6.45) is 0.151. The number of nitrogens with one attached hydrogen (secondary N) is 1. The Morgan fingerprint density at radius 2 is 1.63 bits per heavy atom. The highest BCUT2D eigenvalue weighted by atomic mass is 19.4. The highest BCUT2D eigenvalue weighted by molar-refractivity contribution is 5.84. The molecular weight excluding hydrogens is 257 g/mol. The van der Waals surface area contributed by atoms with Crippen molar-refractivity contribution >= 4 is 5.91 Å². The molecule has 0 aliphatic carbocycles.